The Morgan fingerprint density at radius 2 is 1.87 bits per heavy atom. The highest BCUT2D eigenvalue weighted by atomic mass is 16.5. The summed E-state index contributed by atoms with van der Waals surface area (Å²) in [7, 11) is 0. The third-order valence-corrected chi connectivity index (χ3v) is 3.91. The summed E-state index contributed by atoms with van der Waals surface area (Å²) in [6.07, 6.45) is 3.54. The summed E-state index contributed by atoms with van der Waals surface area (Å²) >= 11 is 0. The topological polar surface area (TPSA) is 90.5 Å². The SMILES string of the molecule is CC[C@H](C)[C@H](NC(=O)NCCCCc1ccccc1)C(=O)NO. The third kappa shape index (κ3) is 7.15. The number of hydrogen-bond acceptors (Lipinski definition) is 3. The molecule has 3 amide bonds. The van der Waals surface area contributed by atoms with Crippen LogP contribution in [0.15, 0.2) is 30.3 Å². The zero-order chi connectivity index (χ0) is 17.1. The molecule has 1 aromatic carbocycles. The van der Waals surface area contributed by atoms with Crippen molar-refractivity contribution in [1.82, 2.24) is 16.1 Å². The molecule has 0 spiro atoms. The summed E-state index contributed by atoms with van der Waals surface area (Å²) in [6, 6.07) is 9.07. The van der Waals surface area contributed by atoms with Crippen LogP contribution in [0, 0.1) is 5.92 Å². The van der Waals surface area contributed by atoms with E-state index in [0.717, 1.165) is 25.7 Å². The molecule has 0 aliphatic carbocycles. The van der Waals surface area contributed by atoms with E-state index < -0.39 is 18.0 Å². The van der Waals surface area contributed by atoms with Gasteiger partial charge in [0, 0.05) is 6.54 Å². The van der Waals surface area contributed by atoms with E-state index in [4.69, 9.17) is 5.21 Å². The van der Waals surface area contributed by atoms with Crippen molar-refractivity contribution in [3.05, 3.63) is 35.9 Å². The van der Waals surface area contributed by atoms with Crippen molar-refractivity contribution < 1.29 is 14.8 Å². The van der Waals surface area contributed by atoms with Gasteiger partial charge in [0.25, 0.3) is 5.91 Å². The molecule has 1 rings (SSSR count). The number of benzene rings is 1. The Bertz CT molecular complexity index is 479. The number of carbonyl (C=O) groups is 2. The van der Waals surface area contributed by atoms with Gasteiger partial charge in [-0.1, -0.05) is 50.6 Å². The minimum atomic E-state index is -0.741. The van der Waals surface area contributed by atoms with Crippen LogP contribution in [0.5, 0.6) is 0 Å². The summed E-state index contributed by atoms with van der Waals surface area (Å²) in [5.41, 5.74) is 2.88. The minimum Gasteiger partial charge on any atom is -0.338 e. The number of rotatable bonds is 9. The van der Waals surface area contributed by atoms with E-state index in [1.165, 1.54) is 5.56 Å². The Labute approximate surface area is 137 Å². The van der Waals surface area contributed by atoms with Crippen molar-refractivity contribution in [2.45, 2.75) is 45.6 Å². The number of carbonyl (C=O) groups excluding carboxylic acids is 2. The van der Waals surface area contributed by atoms with Crippen LogP contribution in [0.2, 0.25) is 0 Å². The van der Waals surface area contributed by atoms with Gasteiger partial charge < -0.3 is 10.6 Å². The average molecular weight is 321 g/mol. The quantitative estimate of drug-likeness (QED) is 0.319. The van der Waals surface area contributed by atoms with Crippen molar-refractivity contribution in [2.75, 3.05) is 6.54 Å². The van der Waals surface area contributed by atoms with E-state index in [1.54, 1.807) is 5.48 Å². The van der Waals surface area contributed by atoms with Gasteiger partial charge in [-0.25, -0.2) is 10.3 Å². The van der Waals surface area contributed by atoms with Crippen LogP contribution >= 0.6 is 0 Å². The van der Waals surface area contributed by atoms with E-state index >= 15 is 0 Å². The van der Waals surface area contributed by atoms with Crippen molar-refractivity contribution in [2.24, 2.45) is 5.92 Å². The maximum absolute atomic E-state index is 11.8. The number of urea groups is 1. The predicted molar refractivity (Wildman–Crippen MR) is 89.1 cm³/mol. The van der Waals surface area contributed by atoms with Gasteiger partial charge in [-0.3, -0.25) is 10.0 Å². The number of hydroxylamine groups is 1. The molecule has 0 heterocycles. The van der Waals surface area contributed by atoms with E-state index in [9.17, 15) is 9.59 Å². The van der Waals surface area contributed by atoms with Crippen LogP contribution < -0.4 is 16.1 Å². The third-order valence-electron chi connectivity index (χ3n) is 3.91. The second-order valence-electron chi connectivity index (χ2n) is 5.68. The molecule has 6 heteroatoms. The molecule has 6 nitrogen and oxygen atoms in total. The first-order valence-corrected chi connectivity index (χ1v) is 8.10. The monoisotopic (exact) mass is 321 g/mol. The van der Waals surface area contributed by atoms with Crippen molar-refractivity contribution in [1.29, 1.82) is 0 Å². The van der Waals surface area contributed by atoms with E-state index in [1.807, 2.05) is 32.0 Å². The normalized spacial score (nSPS) is 13.0. The molecule has 0 aliphatic rings. The summed E-state index contributed by atoms with van der Waals surface area (Å²) in [5, 5.41) is 14.1. The highest BCUT2D eigenvalue weighted by Crippen LogP contribution is 2.08. The lowest BCUT2D eigenvalue weighted by atomic mass is 9.99. The number of unbranched alkanes of at least 4 members (excludes halogenated alkanes) is 1. The van der Waals surface area contributed by atoms with Crippen LogP contribution in [-0.4, -0.2) is 29.7 Å². The second kappa shape index (κ2) is 10.6. The van der Waals surface area contributed by atoms with Crippen LogP contribution in [0.1, 0.15) is 38.7 Å². The first-order chi connectivity index (χ1) is 11.1. The van der Waals surface area contributed by atoms with E-state index in [2.05, 4.69) is 22.8 Å². The maximum atomic E-state index is 11.8. The molecule has 0 saturated carbocycles. The predicted octanol–water partition coefficient (Wildman–Crippen LogP) is 2.23. The first kappa shape index (κ1) is 19.0. The number of hydrogen-bond donors (Lipinski definition) is 4. The first-order valence-electron chi connectivity index (χ1n) is 8.10. The van der Waals surface area contributed by atoms with Gasteiger partial charge in [0.1, 0.15) is 6.04 Å². The van der Waals surface area contributed by atoms with Crippen molar-refractivity contribution in [3.63, 3.8) is 0 Å². The molecule has 0 unspecified atom stereocenters. The smallest absolute Gasteiger partial charge is 0.315 e. The molecular weight excluding hydrogens is 294 g/mol. The molecule has 1 aromatic rings. The molecule has 0 saturated heterocycles. The van der Waals surface area contributed by atoms with Gasteiger partial charge >= 0.3 is 6.03 Å². The van der Waals surface area contributed by atoms with Gasteiger partial charge in [-0.2, -0.15) is 0 Å². The Balaban J connectivity index is 2.25. The zero-order valence-electron chi connectivity index (χ0n) is 13.8. The Morgan fingerprint density at radius 1 is 1.17 bits per heavy atom. The average Bonchev–Trinajstić information content (AvgIpc) is 2.59. The van der Waals surface area contributed by atoms with Gasteiger partial charge in [0.2, 0.25) is 0 Å². The molecule has 128 valence electrons. The number of nitrogens with one attached hydrogen (secondary N) is 3. The zero-order valence-corrected chi connectivity index (χ0v) is 13.8. The van der Waals surface area contributed by atoms with Crippen LogP contribution in [0.4, 0.5) is 4.79 Å². The highest BCUT2D eigenvalue weighted by Gasteiger charge is 2.25. The fourth-order valence-corrected chi connectivity index (χ4v) is 2.26. The largest absolute Gasteiger partial charge is 0.338 e. The molecule has 23 heavy (non-hydrogen) atoms. The molecule has 0 fully saturated rings. The summed E-state index contributed by atoms with van der Waals surface area (Å²) < 4.78 is 0. The molecule has 2 atom stereocenters. The Morgan fingerprint density at radius 3 is 2.48 bits per heavy atom. The second-order valence-corrected chi connectivity index (χ2v) is 5.68. The number of aryl methyl sites for hydroxylation is 1. The fourth-order valence-electron chi connectivity index (χ4n) is 2.26. The van der Waals surface area contributed by atoms with E-state index in [-0.39, 0.29) is 5.92 Å². The lowest BCUT2D eigenvalue weighted by Gasteiger charge is -2.22. The maximum Gasteiger partial charge on any atom is 0.315 e. The van der Waals surface area contributed by atoms with Gasteiger partial charge in [0.05, 0.1) is 0 Å². The Hall–Kier alpha value is -2.08. The van der Waals surface area contributed by atoms with E-state index in [0.29, 0.717) is 6.54 Å². The van der Waals surface area contributed by atoms with Crippen LogP contribution in [0.3, 0.4) is 0 Å². The minimum absolute atomic E-state index is 0.0639. The van der Waals surface area contributed by atoms with Gasteiger partial charge in [-0.15, -0.1) is 0 Å². The van der Waals surface area contributed by atoms with Crippen LogP contribution in [0.25, 0.3) is 0 Å². The molecule has 0 radical (unpaired) electrons. The van der Waals surface area contributed by atoms with Crippen molar-refractivity contribution >= 4 is 11.9 Å². The highest BCUT2D eigenvalue weighted by molar-refractivity contribution is 5.86. The van der Waals surface area contributed by atoms with Crippen LogP contribution in [-0.2, 0) is 11.2 Å². The Kier molecular flexibility index (Phi) is 8.75. The molecule has 0 aliphatic heterocycles. The lowest BCUT2D eigenvalue weighted by Crippen LogP contribution is -2.52. The lowest BCUT2D eigenvalue weighted by molar-refractivity contribution is -0.132. The summed E-state index contributed by atoms with van der Waals surface area (Å²) in [5.74, 6) is -0.662. The fraction of sp³-hybridized carbons (Fsp3) is 0.529. The van der Waals surface area contributed by atoms with Gasteiger partial charge in [-0.05, 0) is 30.7 Å². The summed E-state index contributed by atoms with van der Waals surface area (Å²) in [6.45, 7) is 4.32. The molecule has 0 bridgehead atoms. The standard InChI is InChI=1S/C17H27N3O3/c1-3-13(2)15(16(21)20-23)19-17(22)18-12-8-7-11-14-9-5-4-6-10-14/h4-6,9-10,13,15,23H,3,7-8,11-12H2,1-2H3,(H,20,21)(H2,18,19,22)/t13-,15-/m0/s1. The molecule has 4 N–H and O–H groups in total. The van der Waals surface area contributed by atoms with Crippen molar-refractivity contribution in [3.8, 4) is 0 Å². The summed E-state index contributed by atoms with van der Waals surface area (Å²) in [4.78, 5) is 23.4. The number of amides is 3. The molecular formula is C17H27N3O3. The van der Waals surface area contributed by atoms with Gasteiger partial charge in [0.15, 0.2) is 0 Å². The molecule has 0 aromatic heterocycles.